The van der Waals surface area contributed by atoms with Gasteiger partial charge in [-0.3, -0.25) is 18.6 Å². The first-order chi connectivity index (χ1) is 24.2. The normalized spacial score (nSPS) is 14.1. The lowest BCUT2D eigenvalue weighted by Crippen LogP contribution is -2.29. The summed E-state index contributed by atoms with van der Waals surface area (Å²) < 4.78 is 32.6. The molecule has 0 aliphatic heterocycles. The molecule has 3 atom stereocenters. The predicted octanol–water partition coefficient (Wildman–Crippen LogP) is 10.1. The minimum absolute atomic E-state index is 0.188. The molecule has 0 amide bonds. The molecule has 0 heterocycles. The lowest BCUT2D eigenvalue weighted by Gasteiger charge is -2.20. The summed E-state index contributed by atoms with van der Waals surface area (Å²) in [7, 11) is -4.61. The maximum absolute atomic E-state index is 12.6. The van der Waals surface area contributed by atoms with Crippen LogP contribution in [-0.2, 0) is 32.7 Å². The molecule has 0 spiro atoms. The molecule has 0 aromatic carbocycles. The maximum atomic E-state index is 12.6. The molecule has 0 fully saturated rings. The van der Waals surface area contributed by atoms with Gasteiger partial charge in [-0.25, -0.2) is 4.57 Å². The molecule has 0 saturated heterocycles. The van der Waals surface area contributed by atoms with Crippen molar-refractivity contribution in [2.75, 3.05) is 26.4 Å². The quantitative estimate of drug-likeness (QED) is 0.0242. The van der Waals surface area contributed by atoms with Crippen LogP contribution in [0.5, 0.6) is 0 Å². The number of carbonyl (C=O) groups is 2. The zero-order chi connectivity index (χ0) is 37.0. The number of phosphoric acid groups is 1. The third-order valence-electron chi connectivity index (χ3n) is 8.67. The van der Waals surface area contributed by atoms with E-state index in [4.69, 9.17) is 19.1 Å². The van der Waals surface area contributed by atoms with Crippen molar-refractivity contribution in [3.8, 4) is 0 Å². The fourth-order valence-electron chi connectivity index (χ4n) is 5.52. The van der Waals surface area contributed by atoms with E-state index in [1.54, 1.807) is 0 Å². The van der Waals surface area contributed by atoms with Gasteiger partial charge in [-0.1, -0.05) is 148 Å². The molecule has 0 rings (SSSR count). The van der Waals surface area contributed by atoms with Gasteiger partial charge in [0.15, 0.2) is 6.10 Å². The van der Waals surface area contributed by atoms with Crippen molar-refractivity contribution in [2.24, 2.45) is 0 Å². The van der Waals surface area contributed by atoms with Crippen LogP contribution in [0.15, 0.2) is 12.2 Å². The number of hydrogen-bond acceptors (Lipinski definition) is 9. The van der Waals surface area contributed by atoms with Gasteiger partial charge in [-0.05, 0) is 38.5 Å². The smallest absolute Gasteiger partial charge is 0.462 e. The highest BCUT2D eigenvalue weighted by Crippen LogP contribution is 2.43. The number of esters is 2. The summed E-state index contributed by atoms with van der Waals surface area (Å²) in [6.45, 7) is 2.36. The number of ether oxygens (including phenoxy) is 2. The highest BCUT2D eigenvalue weighted by Gasteiger charge is 2.27. The van der Waals surface area contributed by atoms with Gasteiger partial charge in [0.1, 0.15) is 12.7 Å². The van der Waals surface area contributed by atoms with Crippen molar-refractivity contribution < 1.29 is 47.8 Å². The van der Waals surface area contributed by atoms with Gasteiger partial charge in [0.05, 0.1) is 19.8 Å². The monoisotopic (exact) mass is 735 g/mol. The van der Waals surface area contributed by atoms with Crippen LogP contribution in [-0.4, -0.2) is 65.7 Å². The van der Waals surface area contributed by atoms with Crippen LogP contribution in [0.2, 0.25) is 0 Å². The van der Waals surface area contributed by atoms with E-state index in [1.165, 1.54) is 96.3 Å². The van der Waals surface area contributed by atoms with Crippen LogP contribution in [0, 0.1) is 0 Å². The molecule has 1 unspecified atom stereocenters. The summed E-state index contributed by atoms with van der Waals surface area (Å²) in [4.78, 5) is 34.8. The first-order valence-corrected chi connectivity index (χ1v) is 21.6. The molecule has 0 aromatic rings. The predicted molar refractivity (Wildman–Crippen MR) is 201 cm³/mol. The van der Waals surface area contributed by atoms with E-state index < -0.39 is 51.8 Å². The third kappa shape index (κ3) is 35.1. The highest BCUT2D eigenvalue weighted by atomic mass is 31.2. The second-order valence-electron chi connectivity index (χ2n) is 13.7. The molecule has 50 heavy (non-hydrogen) atoms. The number of unbranched alkanes of at least 4 members (excludes halogenated alkanes) is 22. The standard InChI is InChI=1S/C39H75O10P/c1-3-5-7-9-11-13-15-17-19-20-22-24-26-28-30-38(42)46-34-37(35-48-50(44,45)47-33-36(41)32-40)49-39(43)31-29-27-25-23-21-18-16-14-12-10-8-6-4-2/h15,17,36-37,40-41H,3-14,16,18-35H2,1-2H3,(H,44,45)/b17-15-/t36-,37+/m0/s1. The minimum Gasteiger partial charge on any atom is -0.462 e. The van der Waals surface area contributed by atoms with Gasteiger partial charge in [0, 0.05) is 12.8 Å². The van der Waals surface area contributed by atoms with Gasteiger partial charge >= 0.3 is 19.8 Å². The molecule has 10 nitrogen and oxygen atoms in total. The fraction of sp³-hybridized carbons (Fsp3) is 0.897. The van der Waals surface area contributed by atoms with Gasteiger partial charge in [0.2, 0.25) is 0 Å². The Labute approximate surface area is 305 Å². The van der Waals surface area contributed by atoms with Crippen LogP contribution in [0.1, 0.15) is 187 Å². The molecule has 0 saturated carbocycles. The Morgan fingerprint density at radius 3 is 1.44 bits per heavy atom. The van der Waals surface area contributed by atoms with Crippen LogP contribution < -0.4 is 0 Å². The topological polar surface area (TPSA) is 149 Å². The van der Waals surface area contributed by atoms with E-state index in [2.05, 4.69) is 30.5 Å². The number of aliphatic hydroxyl groups is 2. The third-order valence-corrected chi connectivity index (χ3v) is 9.62. The molecule has 0 aliphatic carbocycles. The Balaban J connectivity index is 4.33. The highest BCUT2D eigenvalue weighted by molar-refractivity contribution is 7.47. The molecule has 296 valence electrons. The van der Waals surface area contributed by atoms with Gasteiger partial charge < -0.3 is 24.6 Å². The summed E-state index contributed by atoms with van der Waals surface area (Å²) in [6.07, 6.45) is 31.7. The lowest BCUT2D eigenvalue weighted by molar-refractivity contribution is -0.161. The van der Waals surface area contributed by atoms with Crippen molar-refractivity contribution in [1.82, 2.24) is 0 Å². The number of hydrogen-bond donors (Lipinski definition) is 3. The van der Waals surface area contributed by atoms with E-state index >= 15 is 0 Å². The molecular weight excluding hydrogens is 659 g/mol. The summed E-state index contributed by atoms with van der Waals surface area (Å²) in [5, 5.41) is 18.3. The van der Waals surface area contributed by atoms with E-state index in [0.29, 0.717) is 12.8 Å². The van der Waals surface area contributed by atoms with Gasteiger partial charge in [-0.2, -0.15) is 0 Å². The molecule has 3 N–H and O–H groups in total. The number of allylic oxidation sites excluding steroid dienone is 2. The average molecular weight is 735 g/mol. The van der Waals surface area contributed by atoms with Crippen molar-refractivity contribution in [1.29, 1.82) is 0 Å². The van der Waals surface area contributed by atoms with Crippen molar-refractivity contribution in [2.45, 2.75) is 199 Å². The van der Waals surface area contributed by atoms with Crippen LogP contribution in [0.25, 0.3) is 0 Å². The first-order valence-electron chi connectivity index (χ1n) is 20.1. The Bertz CT molecular complexity index is 853. The molecule has 0 aliphatic rings. The summed E-state index contributed by atoms with van der Waals surface area (Å²) >= 11 is 0. The number of phosphoric ester groups is 1. The average Bonchev–Trinajstić information content (AvgIpc) is 3.10. The first kappa shape index (κ1) is 48.7. The minimum atomic E-state index is -4.61. The van der Waals surface area contributed by atoms with Crippen LogP contribution in [0.4, 0.5) is 0 Å². The molecular formula is C39H75O10P. The zero-order valence-electron chi connectivity index (χ0n) is 31.9. The molecule has 0 radical (unpaired) electrons. The Kier molecular flexibility index (Phi) is 35.2. The van der Waals surface area contributed by atoms with Crippen LogP contribution in [0.3, 0.4) is 0 Å². The number of aliphatic hydroxyl groups excluding tert-OH is 2. The van der Waals surface area contributed by atoms with Crippen LogP contribution >= 0.6 is 7.82 Å². The number of rotatable bonds is 38. The van der Waals surface area contributed by atoms with E-state index in [9.17, 15) is 24.2 Å². The Morgan fingerprint density at radius 1 is 0.580 bits per heavy atom. The Hall–Kier alpha value is -1.29. The maximum Gasteiger partial charge on any atom is 0.472 e. The van der Waals surface area contributed by atoms with Crippen molar-refractivity contribution in [3.05, 3.63) is 12.2 Å². The molecule has 0 bridgehead atoms. The lowest BCUT2D eigenvalue weighted by atomic mass is 10.0. The van der Waals surface area contributed by atoms with E-state index in [-0.39, 0.29) is 19.4 Å². The summed E-state index contributed by atoms with van der Waals surface area (Å²) in [5.41, 5.74) is 0. The van der Waals surface area contributed by atoms with Crippen molar-refractivity contribution >= 4 is 19.8 Å². The fourth-order valence-corrected chi connectivity index (χ4v) is 6.31. The number of carbonyl (C=O) groups excluding carboxylic acids is 2. The SMILES string of the molecule is CCCCCCC/C=C\CCCCCCCC(=O)OC[C@H](COP(=O)(O)OC[C@@H](O)CO)OC(=O)CCCCCCCCCCCCCCC. The second kappa shape index (κ2) is 36.1. The Morgan fingerprint density at radius 2 is 0.980 bits per heavy atom. The molecule has 11 heteroatoms. The largest absolute Gasteiger partial charge is 0.472 e. The summed E-state index contributed by atoms with van der Waals surface area (Å²) in [5.74, 6) is -0.928. The summed E-state index contributed by atoms with van der Waals surface area (Å²) in [6, 6.07) is 0. The van der Waals surface area contributed by atoms with Gasteiger partial charge in [-0.15, -0.1) is 0 Å². The molecule has 0 aromatic heterocycles. The van der Waals surface area contributed by atoms with E-state index in [1.807, 2.05) is 0 Å². The zero-order valence-corrected chi connectivity index (χ0v) is 32.8. The second-order valence-corrected chi connectivity index (χ2v) is 15.1. The van der Waals surface area contributed by atoms with Gasteiger partial charge in [0.25, 0.3) is 0 Å². The van der Waals surface area contributed by atoms with Crippen molar-refractivity contribution in [3.63, 3.8) is 0 Å². The van der Waals surface area contributed by atoms with E-state index in [0.717, 1.165) is 51.4 Å².